The Bertz CT molecular complexity index is 1420. The lowest BCUT2D eigenvalue weighted by Crippen LogP contribution is -2.67. The first-order valence-corrected chi connectivity index (χ1v) is 13.6. The largest absolute Gasteiger partial charge is 0.341 e. The predicted molar refractivity (Wildman–Crippen MR) is 131 cm³/mol. The minimum absolute atomic E-state index is 0.0298. The summed E-state index contributed by atoms with van der Waals surface area (Å²) in [6, 6.07) is 10.7. The normalized spacial score (nSPS) is 32.1. The summed E-state index contributed by atoms with van der Waals surface area (Å²) in [4.78, 5) is 29.7. The summed E-state index contributed by atoms with van der Waals surface area (Å²) in [5.74, 6) is -2.71. The molecule has 5 atom stereocenters. The van der Waals surface area contributed by atoms with Crippen LogP contribution < -0.4 is 11.1 Å². The third-order valence-corrected chi connectivity index (χ3v) is 9.99. The number of rotatable bonds is 4. The lowest BCUT2D eigenvalue weighted by atomic mass is 9.65. The number of nitrogens with zero attached hydrogens (tertiary/aromatic N) is 2. The first kappa shape index (κ1) is 23.3. The molecule has 0 spiro atoms. The molecule has 4 aliphatic rings. The van der Waals surface area contributed by atoms with E-state index in [1.165, 1.54) is 18.2 Å². The van der Waals surface area contributed by atoms with Crippen molar-refractivity contribution >= 4 is 33.2 Å². The van der Waals surface area contributed by atoms with Crippen molar-refractivity contribution in [3.63, 3.8) is 0 Å². The van der Waals surface area contributed by atoms with Crippen molar-refractivity contribution in [2.75, 3.05) is 5.32 Å². The number of likely N-dealkylation sites (tertiary alicyclic amines) is 1. The van der Waals surface area contributed by atoms with Crippen LogP contribution in [0.4, 0.5) is 10.1 Å². The molecule has 36 heavy (non-hydrogen) atoms. The van der Waals surface area contributed by atoms with Gasteiger partial charge in [-0.3, -0.25) is 9.59 Å². The zero-order chi connectivity index (χ0) is 25.4. The molecule has 3 fully saturated rings. The van der Waals surface area contributed by atoms with Crippen LogP contribution in [0.2, 0.25) is 0 Å². The van der Waals surface area contributed by atoms with Crippen molar-refractivity contribution in [1.82, 2.24) is 4.90 Å². The van der Waals surface area contributed by atoms with E-state index < -0.39 is 33.3 Å². The van der Waals surface area contributed by atoms with E-state index in [1.54, 1.807) is 29.2 Å². The molecule has 0 aromatic heterocycles. The molecule has 2 bridgehead atoms. The van der Waals surface area contributed by atoms with Crippen molar-refractivity contribution in [2.24, 2.45) is 33.8 Å². The van der Waals surface area contributed by atoms with E-state index in [4.69, 9.17) is 5.73 Å². The predicted octanol–water partition coefficient (Wildman–Crippen LogP) is 2.83. The van der Waals surface area contributed by atoms with Crippen LogP contribution in [0.3, 0.4) is 0 Å². The maximum atomic E-state index is 14.1. The molecule has 2 saturated carbocycles. The number of sulfonamides is 1. The molecule has 5 unspecified atom stereocenters. The molecule has 0 radical (unpaired) electrons. The number of hydrogen-bond donors (Lipinski definition) is 2. The molecule has 10 heteroatoms. The summed E-state index contributed by atoms with van der Waals surface area (Å²) in [6.07, 6.45) is 2.70. The van der Waals surface area contributed by atoms with Gasteiger partial charge in [0.1, 0.15) is 16.5 Å². The number of amidine groups is 1. The molecule has 1 amide bonds. The first-order chi connectivity index (χ1) is 17.1. The Morgan fingerprint density at radius 1 is 1.14 bits per heavy atom. The Hall–Kier alpha value is -3.11. The van der Waals surface area contributed by atoms with Crippen molar-refractivity contribution in [3.05, 3.63) is 59.4 Å². The van der Waals surface area contributed by atoms with E-state index in [9.17, 15) is 22.4 Å². The van der Waals surface area contributed by atoms with E-state index in [2.05, 4.69) is 9.71 Å². The average Bonchev–Trinajstić information content (AvgIpc) is 3.43. The molecule has 6 rings (SSSR count). The molecule has 1 saturated heterocycles. The Labute approximate surface area is 208 Å². The topological polar surface area (TPSA) is 122 Å². The molecule has 2 heterocycles. The highest BCUT2D eigenvalue weighted by molar-refractivity contribution is 7.90. The number of benzene rings is 2. The van der Waals surface area contributed by atoms with Crippen LogP contribution in [-0.2, 0) is 32.7 Å². The highest BCUT2D eigenvalue weighted by atomic mass is 32.2. The smallest absolute Gasteiger partial charge is 0.286 e. The van der Waals surface area contributed by atoms with Gasteiger partial charge in [0, 0.05) is 19.0 Å². The van der Waals surface area contributed by atoms with Gasteiger partial charge in [-0.1, -0.05) is 18.2 Å². The van der Waals surface area contributed by atoms with Crippen LogP contribution in [0.5, 0.6) is 0 Å². The number of Topliss-reactive ketones (excluding diaryl/α,β-unsaturated/α-hetero) is 1. The number of halogens is 1. The third kappa shape index (κ3) is 3.27. The summed E-state index contributed by atoms with van der Waals surface area (Å²) in [5.41, 5.74) is 6.63. The molecule has 8 nitrogen and oxygen atoms in total. The minimum Gasteiger partial charge on any atom is -0.341 e. The zero-order valence-electron chi connectivity index (χ0n) is 19.8. The van der Waals surface area contributed by atoms with Gasteiger partial charge in [-0.05, 0) is 73.4 Å². The van der Waals surface area contributed by atoms with Crippen molar-refractivity contribution in [3.8, 4) is 0 Å². The van der Waals surface area contributed by atoms with Gasteiger partial charge < -0.3 is 16.0 Å². The summed E-state index contributed by atoms with van der Waals surface area (Å²) >= 11 is 0. The Balaban J connectivity index is 1.43. The van der Waals surface area contributed by atoms with Crippen LogP contribution in [0.15, 0.2) is 51.8 Å². The number of carbonyl (C=O) groups is 2. The number of nitrogens with two attached hydrogens (primary N) is 1. The molecule has 3 N–H and O–H groups in total. The number of carbonyl (C=O) groups excluding carboxylic acids is 2. The first-order valence-electron chi connectivity index (χ1n) is 12.2. The van der Waals surface area contributed by atoms with E-state index in [0.29, 0.717) is 5.56 Å². The number of piperidine rings is 1. The van der Waals surface area contributed by atoms with Gasteiger partial charge in [-0.2, -0.15) is 8.42 Å². The fourth-order valence-electron chi connectivity index (χ4n) is 6.93. The van der Waals surface area contributed by atoms with Gasteiger partial charge in [0.05, 0.1) is 11.2 Å². The van der Waals surface area contributed by atoms with Gasteiger partial charge in [0.15, 0.2) is 11.7 Å². The van der Waals surface area contributed by atoms with Crippen LogP contribution in [0.1, 0.15) is 37.3 Å². The quantitative estimate of drug-likeness (QED) is 0.610. The van der Waals surface area contributed by atoms with E-state index in [0.717, 1.165) is 24.8 Å². The standard InChI is InChI=1S/C26H27FN4O4S/c1-26-17-6-5-16(11-17)22(26)23(32)21(25(33)31(26)13-14-2-7-18(27)8-3-14)24-29-19-9-4-15(12-28)10-20(19)36(34,35)30-24/h2-4,7-10,16-17,21-22H,5-6,11-13,28H2,1H3,(H,29,30). The molecular weight excluding hydrogens is 483 g/mol. The molecule has 2 aliphatic heterocycles. The average molecular weight is 511 g/mol. The Morgan fingerprint density at radius 2 is 1.86 bits per heavy atom. The lowest BCUT2D eigenvalue weighted by Gasteiger charge is -2.53. The lowest BCUT2D eigenvalue weighted by molar-refractivity contribution is -0.162. The number of anilines is 1. The second-order valence-corrected chi connectivity index (χ2v) is 12.0. The van der Waals surface area contributed by atoms with Crippen LogP contribution in [0.25, 0.3) is 0 Å². The van der Waals surface area contributed by atoms with Crippen molar-refractivity contribution in [2.45, 2.75) is 49.7 Å². The van der Waals surface area contributed by atoms with E-state index >= 15 is 0 Å². The molecule has 2 aliphatic carbocycles. The van der Waals surface area contributed by atoms with Gasteiger partial charge in [0.25, 0.3) is 10.0 Å². The maximum absolute atomic E-state index is 14.1. The number of nitrogens with one attached hydrogen (secondary N) is 1. The van der Waals surface area contributed by atoms with Crippen LogP contribution >= 0.6 is 0 Å². The minimum atomic E-state index is -4.14. The summed E-state index contributed by atoms with van der Waals surface area (Å²) in [6.45, 7) is 2.35. The highest BCUT2D eigenvalue weighted by Gasteiger charge is 2.67. The number of fused-ring (bicyclic) bond motifs is 6. The Kier molecular flexibility index (Phi) is 5.14. The second kappa shape index (κ2) is 7.94. The van der Waals surface area contributed by atoms with Gasteiger partial charge in [-0.25, -0.2) is 4.39 Å². The molecule has 2 aromatic carbocycles. The number of amides is 1. The van der Waals surface area contributed by atoms with Crippen LogP contribution in [0, 0.1) is 29.5 Å². The molecular formula is C26H27FN4O4S. The zero-order valence-corrected chi connectivity index (χ0v) is 20.6. The van der Waals surface area contributed by atoms with Crippen LogP contribution in [-0.4, -0.2) is 36.4 Å². The maximum Gasteiger partial charge on any atom is 0.286 e. The monoisotopic (exact) mass is 510 g/mol. The van der Waals surface area contributed by atoms with Gasteiger partial charge >= 0.3 is 0 Å². The number of ketones is 1. The molecule has 2 aromatic rings. The fourth-order valence-corrected chi connectivity index (χ4v) is 8.14. The van der Waals surface area contributed by atoms with E-state index in [-0.39, 0.29) is 52.9 Å². The summed E-state index contributed by atoms with van der Waals surface area (Å²) in [5, 5.41) is 2.97. The van der Waals surface area contributed by atoms with E-state index in [1.807, 2.05) is 6.92 Å². The van der Waals surface area contributed by atoms with Gasteiger partial charge in [-0.15, -0.1) is 4.40 Å². The van der Waals surface area contributed by atoms with Crippen molar-refractivity contribution in [1.29, 1.82) is 0 Å². The van der Waals surface area contributed by atoms with Gasteiger partial charge in [0.2, 0.25) is 5.91 Å². The molecule has 188 valence electrons. The second-order valence-electron chi connectivity index (χ2n) is 10.5. The third-order valence-electron chi connectivity index (χ3n) is 8.65. The van der Waals surface area contributed by atoms with Crippen molar-refractivity contribution < 1.29 is 22.4 Å². The summed E-state index contributed by atoms with van der Waals surface area (Å²) in [7, 11) is -4.14. The summed E-state index contributed by atoms with van der Waals surface area (Å²) < 4.78 is 43.6. The Morgan fingerprint density at radius 3 is 2.58 bits per heavy atom. The number of hydrogen-bond acceptors (Lipinski definition) is 6. The SMILES string of the molecule is CC12C3CCC(C3)C1C(=O)C(C1=NS(=O)(=O)c3cc(CN)ccc3N1)C(=O)N2Cc1ccc(F)cc1. The highest BCUT2D eigenvalue weighted by Crippen LogP contribution is 2.60. The fraction of sp³-hybridized carbons (Fsp3) is 0.423.